The third-order valence-electron chi connectivity index (χ3n) is 3.43. The van der Waals surface area contributed by atoms with Gasteiger partial charge in [0.2, 0.25) is 0 Å². The number of hydrogen-bond acceptors (Lipinski definition) is 3. The van der Waals surface area contributed by atoms with Gasteiger partial charge in [-0.3, -0.25) is 0 Å². The van der Waals surface area contributed by atoms with E-state index in [1.54, 1.807) is 6.92 Å². The van der Waals surface area contributed by atoms with Crippen molar-refractivity contribution in [3.8, 4) is 0 Å². The van der Waals surface area contributed by atoms with Gasteiger partial charge >= 0.3 is 0 Å². The van der Waals surface area contributed by atoms with Crippen LogP contribution >= 0.6 is 0 Å². The van der Waals surface area contributed by atoms with Crippen molar-refractivity contribution < 1.29 is 10.2 Å². The molecule has 0 saturated heterocycles. The van der Waals surface area contributed by atoms with Crippen molar-refractivity contribution in [1.29, 1.82) is 0 Å². The summed E-state index contributed by atoms with van der Waals surface area (Å²) in [6.07, 6.45) is 1.70. The fourth-order valence-electron chi connectivity index (χ4n) is 2.30. The second-order valence-corrected chi connectivity index (χ2v) is 4.65. The maximum absolute atomic E-state index is 9.50. The molecule has 18 heavy (non-hydrogen) atoms. The van der Waals surface area contributed by atoms with E-state index >= 15 is 0 Å². The summed E-state index contributed by atoms with van der Waals surface area (Å²) in [5, 5.41) is 18.7. The molecule has 102 valence electrons. The molecule has 0 heterocycles. The quantitative estimate of drug-likeness (QED) is 0.783. The molecule has 1 atom stereocenters. The Labute approximate surface area is 110 Å². The Morgan fingerprint density at radius 2 is 1.67 bits per heavy atom. The maximum atomic E-state index is 9.50. The second kappa shape index (κ2) is 7.39. The zero-order chi connectivity index (χ0) is 13.5. The van der Waals surface area contributed by atoms with E-state index < -0.39 is 6.10 Å². The predicted molar refractivity (Wildman–Crippen MR) is 75.9 cm³/mol. The lowest BCUT2D eigenvalue weighted by molar-refractivity contribution is 0.199. The lowest BCUT2D eigenvalue weighted by Crippen LogP contribution is -2.36. The number of benzene rings is 1. The van der Waals surface area contributed by atoms with Crippen molar-refractivity contribution in [3.63, 3.8) is 0 Å². The molecule has 1 rings (SSSR count). The van der Waals surface area contributed by atoms with E-state index in [4.69, 9.17) is 0 Å². The molecule has 0 aliphatic rings. The van der Waals surface area contributed by atoms with Crippen molar-refractivity contribution in [2.45, 2.75) is 45.8 Å². The fraction of sp³-hybridized carbons (Fsp3) is 0.600. The van der Waals surface area contributed by atoms with E-state index in [0.717, 1.165) is 24.1 Å². The average Bonchev–Trinajstić information content (AvgIpc) is 2.39. The van der Waals surface area contributed by atoms with Gasteiger partial charge in [0.15, 0.2) is 0 Å². The lowest BCUT2D eigenvalue weighted by atomic mass is 10.1. The Bertz CT molecular complexity index is 331. The molecule has 0 aliphatic carbocycles. The topological polar surface area (TPSA) is 43.7 Å². The van der Waals surface area contributed by atoms with Gasteiger partial charge in [0.05, 0.1) is 12.7 Å². The van der Waals surface area contributed by atoms with E-state index in [0.29, 0.717) is 12.6 Å². The number of aliphatic hydroxyl groups is 2. The Kier molecular flexibility index (Phi) is 6.16. The van der Waals surface area contributed by atoms with E-state index in [1.165, 1.54) is 0 Å². The number of anilines is 1. The van der Waals surface area contributed by atoms with Crippen LogP contribution in [0.25, 0.3) is 0 Å². The van der Waals surface area contributed by atoms with E-state index in [2.05, 4.69) is 18.7 Å². The van der Waals surface area contributed by atoms with Gasteiger partial charge in [0.1, 0.15) is 0 Å². The first-order chi connectivity index (χ1) is 8.63. The van der Waals surface area contributed by atoms with Gasteiger partial charge in [-0.25, -0.2) is 0 Å². The average molecular weight is 251 g/mol. The largest absolute Gasteiger partial charge is 0.395 e. The summed E-state index contributed by atoms with van der Waals surface area (Å²) in [5.74, 6) is 0. The highest BCUT2D eigenvalue weighted by molar-refractivity contribution is 5.48. The van der Waals surface area contributed by atoms with Crippen molar-refractivity contribution in [3.05, 3.63) is 29.8 Å². The third-order valence-corrected chi connectivity index (χ3v) is 3.43. The molecule has 0 bridgehead atoms. The molecule has 0 saturated carbocycles. The molecule has 0 unspecified atom stereocenters. The Hall–Kier alpha value is -1.06. The van der Waals surface area contributed by atoms with E-state index in [1.807, 2.05) is 24.3 Å². The van der Waals surface area contributed by atoms with Crippen LogP contribution in [0.4, 0.5) is 5.69 Å². The highest BCUT2D eigenvalue weighted by atomic mass is 16.3. The van der Waals surface area contributed by atoms with Crippen molar-refractivity contribution in [2.75, 3.05) is 18.1 Å². The molecule has 0 amide bonds. The molecule has 0 radical (unpaired) electrons. The van der Waals surface area contributed by atoms with Crippen LogP contribution in [-0.2, 0) is 0 Å². The van der Waals surface area contributed by atoms with Crippen molar-refractivity contribution in [2.24, 2.45) is 0 Å². The predicted octanol–water partition coefficient (Wildman–Crippen LogP) is 2.73. The first-order valence-corrected chi connectivity index (χ1v) is 6.79. The molecule has 2 N–H and O–H groups in total. The van der Waals surface area contributed by atoms with Gasteiger partial charge in [-0.1, -0.05) is 26.0 Å². The van der Waals surface area contributed by atoms with Crippen LogP contribution in [-0.4, -0.2) is 29.4 Å². The number of aliphatic hydroxyl groups excluding tert-OH is 2. The SMILES string of the molecule is CCC(CC)N(CCO)c1ccc([C@@H](C)O)cc1. The van der Waals surface area contributed by atoms with Gasteiger partial charge < -0.3 is 15.1 Å². The summed E-state index contributed by atoms with van der Waals surface area (Å²) in [6, 6.07) is 8.40. The minimum absolute atomic E-state index is 0.161. The van der Waals surface area contributed by atoms with Crippen LogP contribution in [0.2, 0.25) is 0 Å². The van der Waals surface area contributed by atoms with Crippen molar-refractivity contribution in [1.82, 2.24) is 0 Å². The number of nitrogens with zero attached hydrogens (tertiary/aromatic N) is 1. The summed E-state index contributed by atoms with van der Waals surface area (Å²) in [5.41, 5.74) is 2.04. The first kappa shape index (κ1) is 15.0. The van der Waals surface area contributed by atoms with Crippen LogP contribution in [0, 0.1) is 0 Å². The zero-order valence-corrected chi connectivity index (χ0v) is 11.6. The van der Waals surface area contributed by atoms with Gasteiger partial charge in [-0.2, -0.15) is 0 Å². The van der Waals surface area contributed by atoms with Crippen LogP contribution < -0.4 is 4.90 Å². The van der Waals surface area contributed by atoms with Gasteiger partial charge in [-0.05, 0) is 37.5 Å². The molecule has 3 nitrogen and oxygen atoms in total. The minimum atomic E-state index is -0.432. The smallest absolute Gasteiger partial charge is 0.0761 e. The molecule has 0 fully saturated rings. The first-order valence-electron chi connectivity index (χ1n) is 6.79. The Morgan fingerprint density at radius 3 is 2.06 bits per heavy atom. The van der Waals surface area contributed by atoms with Crippen LogP contribution in [0.15, 0.2) is 24.3 Å². The van der Waals surface area contributed by atoms with E-state index in [-0.39, 0.29) is 6.61 Å². The van der Waals surface area contributed by atoms with Crippen molar-refractivity contribution >= 4 is 5.69 Å². The minimum Gasteiger partial charge on any atom is -0.395 e. The Morgan fingerprint density at radius 1 is 1.11 bits per heavy atom. The second-order valence-electron chi connectivity index (χ2n) is 4.65. The molecular weight excluding hydrogens is 226 g/mol. The molecule has 1 aromatic rings. The number of rotatable bonds is 7. The lowest BCUT2D eigenvalue weighted by Gasteiger charge is -2.32. The summed E-state index contributed by atoms with van der Waals surface area (Å²) in [4.78, 5) is 2.24. The normalized spacial score (nSPS) is 12.8. The van der Waals surface area contributed by atoms with Crippen LogP contribution in [0.1, 0.15) is 45.3 Å². The van der Waals surface area contributed by atoms with Gasteiger partial charge in [0, 0.05) is 18.3 Å². The Balaban J connectivity index is 2.91. The summed E-state index contributed by atoms with van der Waals surface area (Å²) >= 11 is 0. The standard InChI is InChI=1S/C15H25NO2/c1-4-14(5-2)16(10-11-17)15-8-6-13(7-9-15)12(3)18/h6-9,12,14,17-18H,4-5,10-11H2,1-3H3/t12-/m1/s1. The summed E-state index contributed by atoms with van der Waals surface area (Å²) < 4.78 is 0. The molecular formula is C15H25NO2. The fourth-order valence-corrected chi connectivity index (χ4v) is 2.30. The van der Waals surface area contributed by atoms with Crippen LogP contribution in [0.3, 0.4) is 0 Å². The summed E-state index contributed by atoms with van der Waals surface area (Å²) in [7, 11) is 0. The molecule has 0 spiro atoms. The van der Waals surface area contributed by atoms with Crippen LogP contribution in [0.5, 0.6) is 0 Å². The summed E-state index contributed by atoms with van der Waals surface area (Å²) in [6.45, 7) is 6.92. The molecule has 1 aromatic carbocycles. The zero-order valence-electron chi connectivity index (χ0n) is 11.6. The van der Waals surface area contributed by atoms with Gasteiger partial charge in [0.25, 0.3) is 0 Å². The third kappa shape index (κ3) is 3.72. The number of hydrogen-bond donors (Lipinski definition) is 2. The molecule has 0 aliphatic heterocycles. The highest BCUT2D eigenvalue weighted by Crippen LogP contribution is 2.22. The molecule has 0 aromatic heterocycles. The van der Waals surface area contributed by atoms with E-state index in [9.17, 15) is 10.2 Å². The van der Waals surface area contributed by atoms with Gasteiger partial charge in [-0.15, -0.1) is 0 Å². The highest BCUT2D eigenvalue weighted by Gasteiger charge is 2.15. The monoisotopic (exact) mass is 251 g/mol. The molecule has 3 heteroatoms. The maximum Gasteiger partial charge on any atom is 0.0761 e.